The first-order valence-electron chi connectivity index (χ1n) is 7.94. The highest BCUT2D eigenvalue weighted by molar-refractivity contribution is 6.32. The number of esters is 1. The van der Waals surface area contributed by atoms with Crippen LogP contribution in [0.5, 0.6) is 0 Å². The van der Waals surface area contributed by atoms with E-state index >= 15 is 0 Å². The summed E-state index contributed by atoms with van der Waals surface area (Å²) in [6.45, 7) is 3.20. The molecule has 0 amide bonds. The molecule has 1 aromatic carbocycles. The van der Waals surface area contributed by atoms with Gasteiger partial charge in [-0.25, -0.2) is 4.68 Å². The quantitative estimate of drug-likeness (QED) is 0.440. The Morgan fingerprint density at radius 3 is 2.67 bits per heavy atom. The van der Waals surface area contributed by atoms with E-state index in [1.165, 1.54) is 17.7 Å². The lowest BCUT2D eigenvalue weighted by atomic mass is 9.96. The van der Waals surface area contributed by atoms with E-state index in [0.29, 0.717) is 22.0 Å². The third-order valence-electron chi connectivity index (χ3n) is 3.93. The van der Waals surface area contributed by atoms with Crippen molar-refractivity contribution in [2.75, 3.05) is 0 Å². The average molecular weight is 405 g/mol. The van der Waals surface area contributed by atoms with E-state index in [1.807, 2.05) is 0 Å². The normalized spacial score (nSPS) is 17.2. The van der Waals surface area contributed by atoms with E-state index in [1.54, 1.807) is 31.2 Å². The minimum absolute atomic E-state index is 0.166. The maximum absolute atomic E-state index is 12.3. The fourth-order valence-electron chi connectivity index (χ4n) is 2.64. The van der Waals surface area contributed by atoms with Crippen LogP contribution in [0.2, 0.25) is 10.2 Å². The number of benzene rings is 1. The van der Waals surface area contributed by atoms with Crippen LogP contribution >= 0.6 is 23.2 Å². The molecule has 138 valence electrons. The largest absolute Gasteiger partial charge is 0.430 e. The SMILES string of the molecule is CC1=CC(=O)C(C(=O)/C=C/c2c(C)nn(-c3cccc(Cl)c3)c2Cl)C(=O)O1. The topological polar surface area (TPSA) is 78.3 Å². The summed E-state index contributed by atoms with van der Waals surface area (Å²) in [4.78, 5) is 36.1. The number of nitrogens with zero attached hydrogens (tertiary/aromatic N) is 2. The van der Waals surface area contributed by atoms with Gasteiger partial charge in [-0.1, -0.05) is 29.3 Å². The lowest BCUT2D eigenvalue weighted by Crippen LogP contribution is -2.34. The Balaban J connectivity index is 1.89. The molecule has 1 aliphatic rings. The van der Waals surface area contributed by atoms with Crippen molar-refractivity contribution in [1.29, 1.82) is 0 Å². The number of allylic oxidation sites excluding steroid dienone is 3. The van der Waals surface area contributed by atoms with Crippen LogP contribution in [0.25, 0.3) is 11.8 Å². The van der Waals surface area contributed by atoms with Gasteiger partial charge in [-0.05, 0) is 44.2 Å². The van der Waals surface area contributed by atoms with Gasteiger partial charge in [0.25, 0.3) is 0 Å². The lowest BCUT2D eigenvalue weighted by Gasteiger charge is -2.15. The Labute approximate surface area is 165 Å². The first-order valence-corrected chi connectivity index (χ1v) is 8.70. The smallest absolute Gasteiger partial charge is 0.329 e. The molecule has 1 aromatic heterocycles. The van der Waals surface area contributed by atoms with E-state index < -0.39 is 23.5 Å². The molecule has 2 heterocycles. The molecule has 0 radical (unpaired) electrons. The Kier molecular flexibility index (Phi) is 5.30. The fraction of sp³-hybridized carbons (Fsp3) is 0.158. The molecular weight excluding hydrogens is 391 g/mol. The monoisotopic (exact) mass is 404 g/mol. The zero-order chi connectivity index (χ0) is 19.7. The van der Waals surface area contributed by atoms with Crippen molar-refractivity contribution in [3.63, 3.8) is 0 Å². The first kappa shape index (κ1) is 19.1. The zero-order valence-electron chi connectivity index (χ0n) is 14.4. The molecule has 8 heteroatoms. The highest BCUT2D eigenvalue weighted by Crippen LogP contribution is 2.26. The molecule has 1 atom stereocenters. The molecule has 1 unspecified atom stereocenters. The van der Waals surface area contributed by atoms with Gasteiger partial charge in [0.2, 0.25) is 0 Å². The summed E-state index contributed by atoms with van der Waals surface area (Å²) in [7, 11) is 0. The van der Waals surface area contributed by atoms with Crippen molar-refractivity contribution in [1.82, 2.24) is 9.78 Å². The van der Waals surface area contributed by atoms with Crippen LogP contribution in [0.3, 0.4) is 0 Å². The minimum atomic E-state index is -1.49. The average Bonchev–Trinajstić information content (AvgIpc) is 2.86. The molecule has 6 nitrogen and oxygen atoms in total. The number of aryl methyl sites for hydroxylation is 1. The number of rotatable bonds is 4. The Hall–Kier alpha value is -2.70. The predicted octanol–water partition coefficient (Wildman–Crippen LogP) is 3.72. The number of ketones is 2. The van der Waals surface area contributed by atoms with Gasteiger partial charge in [-0.2, -0.15) is 5.10 Å². The van der Waals surface area contributed by atoms with E-state index in [2.05, 4.69) is 5.10 Å². The van der Waals surface area contributed by atoms with Crippen LogP contribution < -0.4 is 0 Å². The van der Waals surface area contributed by atoms with Crippen molar-refractivity contribution >= 4 is 46.8 Å². The second-order valence-electron chi connectivity index (χ2n) is 5.93. The molecular formula is C19H14Cl2N2O4. The number of cyclic esters (lactones) is 1. The highest BCUT2D eigenvalue weighted by atomic mass is 35.5. The van der Waals surface area contributed by atoms with Gasteiger partial charge >= 0.3 is 5.97 Å². The van der Waals surface area contributed by atoms with Crippen molar-refractivity contribution in [3.05, 3.63) is 63.6 Å². The number of hydrogen-bond donors (Lipinski definition) is 0. The third-order valence-corrected chi connectivity index (χ3v) is 4.53. The Morgan fingerprint density at radius 2 is 2.00 bits per heavy atom. The van der Waals surface area contributed by atoms with Crippen molar-refractivity contribution in [3.8, 4) is 5.69 Å². The molecule has 0 saturated carbocycles. The molecule has 0 bridgehead atoms. The van der Waals surface area contributed by atoms with Gasteiger partial charge in [-0.15, -0.1) is 0 Å². The van der Waals surface area contributed by atoms with Crippen LogP contribution in [0, 0.1) is 12.8 Å². The molecule has 0 fully saturated rings. The van der Waals surface area contributed by atoms with Crippen molar-refractivity contribution in [2.45, 2.75) is 13.8 Å². The summed E-state index contributed by atoms with van der Waals surface area (Å²) in [6, 6.07) is 6.98. The van der Waals surface area contributed by atoms with E-state index in [9.17, 15) is 14.4 Å². The molecule has 3 rings (SSSR count). The molecule has 0 N–H and O–H groups in total. The lowest BCUT2D eigenvalue weighted by molar-refractivity contribution is -0.151. The zero-order valence-corrected chi connectivity index (χ0v) is 15.9. The summed E-state index contributed by atoms with van der Waals surface area (Å²) in [5, 5.41) is 5.15. The third kappa shape index (κ3) is 3.86. The summed E-state index contributed by atoms with van der Waals surface area (Å²) in [5.41, 5.74) is 1.72. The van der Waals surface area contributed by atoms with Gasteiger partial charge in [0, 0.05) is 16.7 Å². The standard InChI is InChI=1S/C19H14Cl2N2O4/c1-10-8-16(25)17(19(26)27-10)15(24)7-6-14-11(2)22-23(18(14)21)13-5-3-4-12(20)9-13/h3-9,17H,1-2H3/b7-6+. The molecule has 0 saturated heterocycles. The second-order valence-corrected chi connectivity index (χ2v) is 6.72. The maximum Gasteiger partial charge on any atom is 0.329 e. The van der Waals surface area contributed by atoms with Crippen molar-refractivity contribution in [2.24, 2.45) is 5.92 Å². The number of halogens is 2. The highest BCUT2D eigenvalue weighted by Gasteiger charge is 2.36. The van der Waals surface area contributed by atoms with Gasteiger partial charge in [0.05, 0.1) is 11.4 Å². The molecule has 0 aliphatic carbocycles. The second kappa shape index (κ2) is 7.50. The number of aromatic nitrogens is 2. The van der Waals surface area contributed by atoms with Gasteiger partial charge in [-0.3, -0.25) is 14.4 Å². The summed E-state index contributed by atoms with van der Waals surface area (Å²) in [5.74, 6) is -3.49. The van der Waals surface area contributed by atoms with Crippen LogP contribution in [-0.4, -0.2) is 27.3 Å². The molecule has 27 heavy (non-hydrogen) atoms. The van der Waals surface area contributed by atoms with Crippen molar-refractivity contribution < 1.29 is 19.1 Å². The first-order chi connectivity index (χ1) is 12.8. The van der Waals surface area contributed by atoms with E-state index in [-0.39, 0.29) is 10.9 Å². The van der Waals surface area contributed by atoms with E-state index in [0.717, 1.165) is 12.2 Å². The fourth-order valence-corrected chi connectivity index (χ4v) is 3.16. The maximum atomic E-state index is 12.3. The van der Waals surface area contributed by atoms with Crippen LogP contribution in [0.1, 0.15) is 18.2 Å². The minimum Gasteiger partial charge on any atom is -0.430 e. The number of hydrogen-bond acceptors (Lipinski definition) is 5. The van der Waals surface area contributed by atoms with Gasteiger partial charge in [0.15, 0.2) is 17.5 Å². The summed E-state index contributed by atoms with van der Waals surface area (Å²) >= 11 is 12.4. The van der Waals surface area contributed by atoms with E-state index in [4.69, 9.17) is 27.9 Å². The number of carbonyl (C=O) groups excluding carboxylic acids is 3. The molecule has 0 spiro atoms. The number of ether oxygens (including phenoxy) is 1. The Morgan fingerprint density at radius 1 is 1.26 bits per heavy atom. The van der Waals surface area contributed by atoms with Crippen LogP contribution in [-0.2, 0) is 19.1 Å². The Bertz CT molecular complexity index is 1020. The van der Waals surface area contributed by atoms with Crippen LogP contribution in [0.15, 0.2) is 42.2 Å². The van der Waals surface area contributed by atoms with Gasteiger partial charge in [0.1, 0.15) is 10.9 Å². The van der Waals surface area contributed by atoms with Crippen LogP contribution in [0.4, 0.5) is 0 Å². The summed E-state index contributed by atoms with van der Waals surface area (Å²) < 4.78 is 6.34. The van der Waals surface area contributed by atoms with Gasteiger partial charge < -0.3 is 4.74 Å². The summed E-state index contributed by atoms with van der Waals surface area (Å²) in [6.07, 6.45) is 3.70. The molecule has 2 aromatic rings. The predicted molar refractivity (Wildman–Crippen MR) is 101 cm³/mol. The molecule has 1 aliphatic heterocycles. The number of carbonyl (C=O) groups is 3.